The first-order chi connectivity index (χ1) is 15.6. The summed E-state index contributed by atoms with van der Waals surface area (Å²) in [5, 5.41) is 2.84. The second-order valence-corrected chi connectivity index (χ2v) is 7.83. The van der Waals surface area contributed by atoms with E-state index in [0.717, 1.165) is 70.5 Å². The lowest BCUT2D eigenvalue weighted by Crippen LogP contribution is -2.22. The highest BCUT2D eigenvalue weighted by atomic mass is 16.3. The van der Waals surface area contributed by atoms with Crippen molar-refractivity contribution < 1.29 is 4.42 Å². The number of nitrogens with two attached hydrogens (primary N) is 1. The van der Waals surface area contributed by atoms with Crippen LogP contribution in [0, 0.1) is 0 Å². The number of rotatable bonds is 7. The Labute approximate surface area is 189 Å². The van der Waals surface area contributed by atoms with E-state index in [1.165, 1.54) is 0 Å². The molecule has 0 fully saturated rings. The van der Waals surface area contributed by atoms with E-state index in [1.807, 2.05) is 24.3 Å². The summed E-state index contributed by atoms with van der Waals surface area (Å²) in [5.41, 5.74) is 11.6. The molecule has 0 saturated carbocycles. The van der Waals surface area contributed by atoms with Crippen LogP contribution in [0.2, 0.25) is 0 Å². The lowest BCUT2D eigenvalue weighted by atomic mass is 10.1. The Hall–Kier alpha value is -3.47. The van der Waals surface area contributed by atoms with Gasteiger partial charge in [0, 0.05) is 60.5 Å². The van der Waals surface area contributed by atoms with Crippen molar-refractivity contribution in [3.63, 3.8) is 0 Å². The highest BCUT2D eigenvalue weighted by Crippen LogP contribution is 2.28. The molecule has 0 aliphatic carbocycles. The van der Waals surface area contributed by atoms with Gasteiger partial charge >= 0.3 is 0 Å². The minimum atomic E-state index is 0.661. The summed E-state index contributed by atoms with van der Waals surface area (Å²) in [6, 6.07) is 20.5. The normalized spacial score (nSPS) is 11.1. The van der Waals surface area contributed by atoms with Crippen LogP contribution in [0.25, 0.3) is 21.9 Å². The van der Waals surface area contributed by atoms with Crippen molar-refractivity contribution >= 4 is 44.7 Å². The van der Waals surface area contributed by atoms with Crippen LogP contribution in [0.15, 0.2) is 70.1 Å². The van der Waals surface area contributed by atoms with E-state index in [1.54, 1.807) is 0 Å². The predicted octanol–water partition coefficient (Wildman–Crippen LogP) is 6.09. The van der Waals surface area contributed by atoms with Gasteiger partial charge in [-0.3, -0.25) is 0 Å². The summed E-state index contributed by atoms with van der Waals surface area (Å²) >= 11 is 0. The zero-order chi connectivity index (χ0) is 22.7. The smallest absolute Gasteiger partial charge is 0.138 e. The van der Waals surface area contributed by atoms with Crippen molar-refractivity contribution in [2.75, 3.05) is 41.7 Å². The Morgan fingerprint density at radius 2 is 1.22 bits per heavy atom. The molecular weight excluding hydrogens is 396 g/mol. The van der Waals surface area contributed by atoms with Gasteiger partial charge in [0.15, 0.2) is 0 Å². The zero-order valence-corrected chi connectivity index (χ0v) is 19.4. The van der Waals surface area contributed by atoms with E-state index in [9.17, 15) is 0 Å². The minimum absolute atomic E-state index is 0.661. The number of hydrogen-bond donors (Lipinski definition) is 1. The third kappa shape index (κ3) is 4.03. The molecule has 0 amide bonds. The monoisotopic (exact) mass is 428 g/mol. The van der Waals surface area contributed by atoms with Crippen LogP contribution in [0.5, 0.6) is 0 Å². The van der Waals surface area contributed by atoms with Crippen molar-refractivity contribution in [1.82, 2.24) is 0 Å². The Morgan fingerprint density at radius 1 is 0.719 bits per heavy atom. The Balaban J connectivity index is 2.05. The molecule has 0 spiro atoms. The standard InChI is InChI=1S/C27H32N4O/c1-5-30(6-2)19-13-15-21-25(17-19)32-26-18-20(31(7-3)8-4)14-16-22(26)27(21)29-24-12-10-9-11-23(24)28/h9-18H,5-8,28H2,1-4H3. The Morgan fingerprint density at radius 3 is 1.69 bits per heavy atom. The van der Waals surface area contributed by atoms with Gasteiger partial charge < -0.3 is 20.0 Å². The topological polar surface area (TPSA) is 58.0 Å². The highest BCUT2D eigenvalue weighted by Gasteiger charge is 2.12. The summed E-state index contributed by atoms with van der Waals surface area (Å²) in [7, 11) is 0. The first-order valence-corrected chi connectivity index (χ1v) is 11.5. The lowest BCUT2D eigenvalue weighted by Gasteiger charge is -2.22. The summed E-state index contributed by atoms with van der Waals surface area (Å²) in [6.45, 7) is 12.4. The van der Waals surface area contributed by atoms with E-state index in [0.29, 0.717) is 5.69 Å². The lowest BCUT2D eigenvalue weighted by molar-refractivity contribution is 0.658. The van der Waals surface area contributed by atoms with Crippen molar-refractivity contribution in [2.45, 2.75) is 27.7 Å². The molecule has 2 N–H and O–H groups in total. The maximum atomic E-state index is 6.47. The molecule has 0 saturated heterocycles. The fourth-order valence-corrected chi connectivity index (χ4v) is 4.25. The van der Waals surface area contributed by atoms with Crippen LogP contribution in [-0.2, 0) is 0 Å². The van der Waals surface area contributed by atoms with Gasteiger partial charge in [-0.15, -0.1) is 0 Å². The van der Waals surface area contributed by atoms with Gasteiger partial charge in [-0.2, -0.15) is 0 Å². The largest absolute Gasteiger partial charge is 0.456 e. The van der Waals surface area contributed by atoms with Crippen LogP contribution < -0.4 is 20.9 Å². The van der Waals surface area contributed by atoms with Crippen LogP contribution in [0.4, 0.5) is 22.7 Å². The average molecular weight is 429 g/mol. The molecule has 5 heteroatoms. The Bertz CT molecular complexity index is 1230. The van der Waals surface area contributed by atoms with Crippen molar-refractivity contribution in [3.05, 3.63) is 66.0 Å². The van der Waals surface area contributed by atoms with E-state index >= 15 is 0 Å². The fraction of sp³-hybridized carbons (Fsp3) is 0.296. The molecule has 4 rings (SSSR count). The molecule has 4 aromatic rings. The number of benzene rings is 3. The number of hydrogen-bond acceptors (Lipinski definition) is 5. The quantitative estimate of drug-likeness (QED) is 0.286. The molecule has 166 valence electrons. The maximum Gasteiger partial charge on any atom is 0.138 e. The average Bonchev–Trinajstić information content (AvgIpc) is 2.81. The fourth-order valence-electron chi connectivity index (χ4n) is 4.25. The zero-order valence-electron chi connectivity index (χ0n) is 19.4. The molecule has 1 heterocycles. The molecule has 3 aromatic carbocycles. The number of nitrogens with zero attached hydrogens (tertiary/aromatic N) is 3. The third-order valence-electron chi connectivity index (χ3n) is 6.09. The summed E-state index contributed by atoms with van der Waals surface area (Å²) < 4.78 is 6.47. The van der Waals surface area contributed by atoms with Crippen LogP contribution >= 0.6 is 0 Å². The van der Waals surface area contributed by atoms with Crippen molar-refractivity contribution in [1.29, 1.82) is 0 Å². The summed E-state index contributed by atoms with van der Waals surface area (Å²) in [5.74, 6) is 0. The number of nitrogen functional groups attached to an aromatic ring is 1. The SMILES string of the molecule is CCN(CC)c1ccc2c(=Nc3ccccc3N)c3ccc(N(CC)CC)cc3oc2c1. The van der Waals surface area contributed by atoms with E-state index in [-0.39, 0.29) is 0 Å². The molecular formula is C27H32N4O. The molecule has 0 aliphatic rings. The van der Waals surface area contributed by atoms with Gasteiger partial charge in [-0.1, -0.05) is 12.1 Å². The van der Waals surface area contributed by atoms with Crippen molar-refractivity contribution in [3.8, 4) is 0 Å². The van der Waals surface area contributed by atoms with Gasteiger partial charge in [0.05, 0.1) is 16.7 Å². The first kappa shape index (κ1) is 21.8. The number of para-hydroxylation sites is 2. The molecule has 1 aromatic heterocycles. The molecule has 0 unspecified atom stereocenters. The highest BCUT2D eigenvalue weighted by molar-refractivity contribution is 5.92. The molecule has 0 aliphatic heterocycles. The predicted molar refractivity (Wildman–Crippen MR) is 137 cm³/mol. The van der Waals surface area contributed by atoms with Crippen molar-refractivity contribution in [2.24, 2.45) is 4.99 Å². The summed E-state index contributed by atoms with van der Waals surface area (Å²) in [6.07, 6.45) is 0. The van der Waals surface area contributed by atoms with Gasteiger partial charge in [0.2, 0.25) is 0 Å². The van der Waals surface area contributed by atoms with Gasteiger partial charge in [0.1, 0.15) is 11.2 Å². The van der Waals surface area contributed by atoms with E-state index < -0.39 is 0 Å². The van der Waals surface area contributed by atoms with Crippen LogP contribution in [0.3, 0.4) is 0 Å². The van der Waals surface area contributed by atoms with E-state index in [2.05, 4.69) is 73.9 Å². The maximum absolute atomic E-state index is 6.47. The minimum Gasteiger partial charge on any atom is -0.456 e. The third-order valence-corrected chi connectivity index (χ3v) is 6.09. The Kier molecular flexibility index (Phi) is 6.35. The summed E-state index contributed by atoms with van der Waals surface area (Å²) in [4.78, 5) is 9.65. The van der Waals surface area contributed by atoms with E-state index in [4.69, 9.17) is 15.1 Å². The molecule has 0 bridgehead atoms. The van der Waals surface area contributed by atoms with Gasteiger partial charge in [-0.25, -0.2) is 4.99 Å². The number of anilines is 3. The van der Waals surface area contributed by atoms with Crippen LogP contribution in [-0.4, -0.2) is 26.2 Å². The molecule has 0 radical (unpaired) electrons. The molecule has 0 atom stereocenters. The second-order valence-electron chi connectivity index (χ2n) is 7.83. The second kappa shape index (κ2) is 9.35. The number of fused-ring (bicyclic) bond motifs is 2. The molecule has 5 nitrogen and oxygen atoms in total. The van der Waals surface area contributed by atoms with Gasteiger partial charge in [-0.05, 0) is 64.1 Å². The van der Waals surface area contributed by atoms with Gasteiger partial charge in [0.25, 0.3) is 0 Å². The van der Waals surface area contributed by atoms with Crippen LogP contribution in [0.1, 0.15) is 27.7 Å². The first-order valence-electron chi connectivity index (χ1n) is 11.5. The molecule has 32 heavy (non-hydrogen) atoms.